The van der Waals surface area contributed by atoms with Gasteiger partial charge in [-0.05, 0) is 46.9 Å². The molecule has 118 valence electrons. The van der Waals surface area contributed by atoms with Crippen LogP contribution in [0.25, 0.3) is 0 Å². The zero-order valence-electron chi connectivity index (χ0n) is 13.2. The molecule has 0 amide bonds. The molecule has 1 aliphatic heterocycles. The fourth-order valence-electron chi connectivity index (χ4n) is 2.73. The number of carbonyl (C=O) groups is 1. The summed E-state index contributed by atoms with van der Waals surface area (Å²) < 4.78 is 4.98. The number of oxime groups is 1. The first-order chi connectivity index (χ1) is 9.22. The minimum Gasteiger partial charge on any atom is -0.457 e. The van der Waals surface area contributed by atoms with E-state index in [2.05, 4.69) is 44.8 Å². The number of furan rings is 1. The molecule has 6 heteroatoms. The topological polar surface area (TPSA) is 55.0 Å². The molecule has 5 nitrogen and oxygen atoms in total. The lowest BCUT2D eigenvalue weighted by atomic mass is 9.79. The lowest BCUT2D eigenvalue weighted by Crippen LogP contribution is -2.58. The summed E-state index contributed by atoms with van der Waals surface area (Å²) in [6.45, 7) is 8.66. The van der Waals surface area contributed by atoms with Crippen LogP contribution in [-0.2, 0) is 4.84 Å². The molecule has 21 heavy (non-hydrogen) atoms. The molecule has 1 aromatic heterocycles. The van der Waals surface area contributed by atoms with Crippen molar-refractivity contribution in [1.29, 1.82) is 0 Å². The third-order valence-electron chi connectivity index (χ3n) is 4.07. The third kappa shape index (κ3) is 3.86. The minimum atomic E-state index is -0.558. The van der Waals surface area contributed by atoms with Crippen LogP contribution >= 0.6 is 12.4 Å². The molecule has 1 aromatic rings. The van der Waals surface area contributed by atoms with E-state index in [1.807, 2.05) is 0 Å². The van der Waals surface area contributed by atoms with Gasteiger partial charge >= 0.3 is 5.97 Å². The quantitative estimate of drug-likeness (QED) is 0.619. The number of hydrogen-bond donors (Lipinski definition) is 0. The van der Waals surface area contributed by atoms with E-state index in [0.717, 1.165) is 18.6 Å². The molecule has 0 saturated carbocycles. The molecule has 2 heterocycles. The summed E-state index contributed by atoms with van der Waals surface area (Å²) in [5, 5.41) is 4.05. The molecule has 1 saturated heterocycles. The molecule has 0 radical (unpaired) electrons. The van der Waals surface area contributed by atoms with Crippen molar-refractivity contribution in [3.05, 3.63) is 24.2 Å². The van der Waals surface area contributed by atoms with Crippen molar-refractivity contribution in [3.8, 4) is 0 Å². The second-order valence-corrected chi connectivity index (χ2v) is 6.55. The smallest absolute Gasteiger partial charge is 0.400 e. The first kappa shape index (κ1) is 17.7. The van der Waals surface area contributed by atoms with Crippen LogP contribution in [0.5, 0.6) is 0 Å². The average molecular weight is 315 g/mol. The predicted octanol–water partition coefficient (Wildman–Crippen LogP) is 3.50. The Bertz CT molecular complexity index is 501. The Morgan fingerprint density at radius 2 is 1.86 bits per heavy atom. The fourth-order valence-corrected chi connectivity index (χ4v) is 2.73. The second kappa shape index (κ2) is 6.20. The van der Waals surface area contributed by atoms with E-state index in [0.29, 0.717) is 0 Å². The van der Waals surface area contributed by atoms with Crippen molar-refractivity contribution >= 4 is 24.1 Å². The molecule has 1 fully saturated rings. The fraction of sp³-hybridized carbons (Fsp3) is 0.600. The lowest BCUT2D eigenvalue weighted by molar-refractivity contribution is 0.0313. The van der Waals surface area contributed by atoms with Crippen LogP contribution in [0.15, 0.2) is 28.0 Å². The summed E-state index contributed by atoms with van der Waals surface area (Å²) in [6.07, 6.45) is 2.99. The standard InChI is InChI=1S/C15H22N2O3.ClH/c1-14(2)9-11(10-15(3,4)17(14)5)16-20-13(18)12-7-6-8-19-12;/h6-8H,9-10H2,1-5H3;1H. The Morgan fingerprint density at radius 1 is 1.29 bits per heavy atom. The minimum absolute atomic E-state index is 0. The molecular weight excluding hydrogens is 292 g/mol. The van der Waals surface area contributed by atoms with Gasteiger partial charge in [0, 0.05) is 23.9 Å². The second-order valence-electron chi connectivity index (χ2n) is 6.55. The van der Waals surface area contributed by atoms with E-state index < -0.39 is 5.97 Å². The number of hydrogen-bond acceptors (Lipinski definition) is 5. The van der Waals surface area contributed by atoms with Gasteiger partial charge in [-0.2, -0.15) is 0 Å². The van der Waals surface area contributed by atoms with Crippen LogP contribution in [0, 0.1) is 0 Å². The third-order valence-corrected chi connectivity index (χ3v) is 4.07. The van der Waals surface area contributed by atoms with Crippen molar-refractivity contribution in [3.63, 3.8) is 0 Å². The molecule has 0 N–H and O–H groups in total. The summed E-state index contributed by atoms with van der Waals surface area (Å²) in [6, 6.07) is 3.20. The monoisotopic (exact) mass is 314 g/mol. The molecule has 0 aromatic carbocycles. The van der Waals surface area contributed by atoms with Gasteiger partial charge in [-0.3, -0.25) is 4.90 Å². The SMILES string of the molecule is CN1C(C)(C)CC(=NOC(=O)c2ccco2)CC1(C)C.Cl. The molecule has 0 unspecified atom stereocenters. The Hall–Kier alpha value is -1.33. The Labute approximate surface area is 131 Å². The van der Waals surface area contributed by atoms with E-state index in [1.54, 1.807) is 12.1 Å². The van der Waals surface area contributed by atoms with Crippen molar-refractivity contribution < 1.29 is 14.0 Å². The summed E-state index contributed by atoms with van der Waals surface area (Å²) >= 11 is 0. The van der Waals surface area contributed by atoms with E-state index in [4.69, 9.17) is 9.25 Å². The molecular formula is C15H23ClN2O3. The van der Waals surface area contributed by atoms with Gasteiger partial charge in [0.1, 0.15) is 0 Å². The highest BCUT2D eigenvalue weighted by Crippen LogP contribution is 2.35. The summed E-state index contributed by atoms with van der Waals surface area (Å²) in [5.74, 6) is -0.391. The van der Waals surface area contributed by atoms with Crippen molar-refractivity contribution in [1.82, 2.24) is 4.90 Å². The van der Waals surface area contributed by atoms with Crippen LogP contribution in [0.2, 0.25) is 0 Å². The largest absolute Gasteiger partial charge is 0.457 e. The highest BCUT2D eigenvalue weighted by atomic mass is 35.5. The van der Waals surface area contributed by atoms with Gasteiger partial charge in [-0.25, -0.2) is 4.79 Å². The van der Waals surface area contributed by atoms with Gasteiger partial charge in [-0.1, -0.05) is 5.16 Å². The van der Waals surface area contributed by atoms with E-state index in [9.17, 15) is 4.79 Å². The number of piperidine rings is 1. The van der Waals surface area contributed by atoms with Crippen molar-refractivity contribution in [2.75, 3.05) is 7.05 Å². The number of likely N-dealkylation sites (tertiary alicyclic amines) is 1. The molecule has 0 aliphatic carbocycles. The molecule has 1 aliphatic rings. The van der Waals surface area contributed by atoms with E-state index >= 15 is 0 Å². The van der Waals surface area contributed by atoms with Crippen LogP contribution in [0.1, 0.15) is 51.1 Å². The number of carbonyl (C=O) groups excluding carboxylic acids is 1. The summed E-state index contributed by atoms with van der Waals surface area (Å²) in [7, 11) is 2.12. The molecule has 0 bridgehead atoms. The van der Waals surface area contributed by atoms with Gasteiger partial charge in [0.2, 0.25) is 5.76 Å². The Balaban J connectivity index is 0.00000220. The zero-order valence-corrected chi connectivity index (χ0v) is 14.0. The Kier molecular flexibility index (Phi) is 5.23. The Morgan fingerprint density at radius 3 is 2.33 bits per heavy atom. The normalized spacial score (nSPS) is 20.5. The van der Waals surface area contributed by atoms with E-state index in [1.165, 1.54) is 6.26 Å². The van der Waals surface area contributed by atoms with Gasteiger partial charge in [0.25, 0.3) is 0 Å². The first-order valence-corrected chi connectivity index (χ1v) is 6.77. The first-order valence-electron chi connectivity index (χ1n) is 6.77. The van der Waals surface area contributed by atoms with Gasteiger partial charge in [0.15, 0.2) is 0 Å². The molecule has 2 rings (SSSR count). The zero-order chi connectivity index (χ0) is 15.0. The molecule has 0 atom stereocenters. The van der Waals surface area contributed by atoms with Crippen molar-refractivity contribution in [2.24, 2.45) is 5.16 Å². The van der Waals surface area contributed by atoms with Crippen LogP contribution in [-0.4, -0.2) is 34.7 Å². The summed E-state index contributed by atoms with van der Waals surface area (Å²) in [5.41, 5.74) is 0.869. The highest BCUT2D eigenvalue weighted by molar-refractivity contribution is 5.90. The maximum Gasteiger partial charge on any atom is 0.400 e. The maximum absolute atomic E-state index is 11.7. The van der Waals surface area contributed by atoms with Gasteiger partial charge < -0.3 is 9.25 Å². The highest BCUT2D eigenvalue weighted by Gasteiger charge is 2.41. The molecule has 0 spiro atoms. The van der Waals surface area contributed by atoms with E-state index in [-0.39, 0.29) is 29.2 Å². The maximum atomic E-state index is 11.7. The van der Waals surface area contributed by atoms with Gasteiger partial charge in [-0.15, -0.1) is 12.4 Å². The number of rotatable bonds is 2. The van der Waals surface area contributed by atoms with Crippen molar-refractivity contribution in [2.45, 2.75) is 51.6 Å². The lowest BCUT2D eigenvalue weighted by Gasteiger charge is -2.50. The average Bonchev–Trinajstić information content (AvgIpc) is 2.86. The number of nitrogens with zero attached hydrogens (tertiary/aromatic N) is 2. The van der Waals surface area contributed by atoms with Crippen LogP contribution < -0.4 is 0 Å². The predicted molar refractivity (Wildman–Crippen MR) is 84.0 cm³/mol. The summed E-state index contributed by atoms with van der Waals surface area (Å²) in [4.78, 5) is 19.0. The van der Waals surface area contributed by atoms with Crippen LogP contribution in [0.3, 0.4) is 0 Å². The van der Waals surface area contributed by atoms with Gasteiger partial charge in [0.05, 0.1) is 12.0 Å². The number of halogens is 1. The van der Waals surface area contributed by atoms with Crippen LogP contribution in [0.4, 0.5) is 0 Å².